The second-order valence-electron chi connectivity index (χ2n) is 14.5. The molecule has 0 amide bonds. The largest absolute Gasteiger partial charge is 0.462 e. The van der Waals surface area contributed by atoms with Gasteiger partial charge in [0.2, 0.25) is 0 Å². The second-order valence-corrected chi connectivity index (χ2v) is 14.5. The van der Waals surface area contributed by atoms with Crippen molar-refractivity contribution in [2.45, 2.75) is 187 Å². The Hall–Kier alpha value is -3.93. The molecule has 0 radical (unpaired) electrons. The molecule has 1 atom stereocenters. The lowest BCUT2D eigenvalue weighted by molar-refractivity contribution is -0.167. The van der Waals surface area contributed by atoms with Crippen molar-refractivity contribution in [3.63, 3.8) is 0 Å². The van der Waals surface area contributed by atoms with E-state index in [1.54, 1.807) is 0 Å². The molecule has 0 aliphatic rings. The monoisotopic (exact) mass is 803 g/mol. The van der Waals surface area contributed by atoms with Gasteiger partial charge in [0.25, 0.3) is 0 Å². The first-order valence-electron chi connectivity index (χ1n) is 22.9. The standard InChI is InChI=1S/C52H82O6/c1-4-7-10-13-16-19-21-23-25-26-27-29-30-33-36-39-42-45-51(54)57-48-49(47-56-50(53)44-41-38-35-32-18-15-12-9-6-3)58-52(55)46-43-40-37-34-31-28-24-22-20-17-14-11-8-5-2/h7-12,16-20,23,25,27,29,32-33,36,49H,4-6,13-15,21-22,24,26,28,30-31,34-35,37-48H2,1-3H3/b10-7-,11-8-,12-9-,19-16-,20-17-,25-23-,29-27-,32-18-,36-33-. The summed E-state index contributed by atoms with van der Waals surface area (Å²) in [7, 11) is 0. The van der Waals surface area contributed by atoms with Gasteiger partial charge in [-0.2, -0.15) is 0 Å². The van der Waals surface area contributed by atoms with Crippen molar-refractivity contribution in [3.8, 4) is 0 Å². The van der Waals surface area contributed by atoms with E-state index in [9.17, 15) is 14.4 Å². The Labute approximate surface area is 355 Å². The van der Waals surface area contributed by atoms with Crippen molar-refractivity contribution in [2.24, 2.45) is 0 Å². The van der Waals surface area contributed by atoms with Gasteiger partial charge in [-0.05, 0) is 109 Å². The zero-order valence-corrected chi connectivity index (χ0v) is 37.0. The van der Waals surface area contributed by atoms with Crippen LogP contribution in [0.1, 0.15) is 181 Å². The molecule has 0 aliphatic heterocycles. The molecule has 0 aliphatic carbocycles. The third-order valence-electron chi connectivity index (χ3n) is 9.00. The number of hydrogen-bond donors (Lipinski definition) is 0. The van der Waals surface area contributed by atoms with Crippen molar-refractivity contribution in [1.29, 1.82) is 0 Å². The summed E-state index contributed by atoms with van der Waals surface area (Å²) in [6.45, 7) is 6.17. The summed E-state index contributed by atoms with van der Waals surface area (Å²) in [5.41, 5.74) is 0. The Morgan fingerprint density at radius 2 is 0.638 bits per heavy atom. The van der Waals surface area contributed by atoms with Crippen LogP contribution in [0.2, 0.25) is 0 Å². The van der Waals surface area contributed by atoms with Gasteiger partial charge in [-0.25, -0.2) is 0 Å². The van der Waals surface area contributed by atoms with Gasteiger partial charge in [0, 0.05) is 19.3 Å². The lowest BCUT2D eigenvalue weighted by Crippen LogP contribution is -2.30. The molecular formula is C52H82O6. The molecule has 6 heteroatoms. The van der Waals surface area contributed by atoms with E-state index in [1.807, 2.05) is 0 Å². The van der Waals surface area contributed by atoms with E-state index in [1.165, 1.54) is 25.7 Å². The number of hydrogen-bond acceptors (Lipinski definition) is 6. The molecule has 0 fully saturated rings. The lowest BCUT2D eigenvalue weighted by atomic mass is 10.1. The van der Waals surface area contributed by atoms with E-state index in [2.05, 4.69) is 130 Å². The Morgan fingerprint density at radius 1 is 0.345 bits per heavy atom. The topological polar surface area (TPSA) is 78.9 Å². The highest BCUT2D eigenvalue weighted by atomic mass is 16.6. The van der Waals surface area contributed by atoms with E-state index in [0.29, 0.717) is 19.3 Å². The molecule has 6 nitrogen and oxygen atoms in total. The van der Waals surface area contributed by atoms with Crippen LogP contribution in [0.15, 0.2) is 109 Å². The maximum absolute atomic E-state index is 12.7. The number of carbonyl (C=O) groups is 3. The van der Waals surface area contributed by atoms with Crippen LogP contribution < -0.4 is 0 Å². The van der Waals surface area contributed by atoms with Gasteiger partial charge in [0.05, 0.1) is 0 Å². The molecule has 1 unspecified atom stereocenters. The van der Waals surface area contributed by atoms with Crippen LogP contribution in [-0.2, 0) is 28.6 Å². The van der Waals surface area contributed by atoms with Crippen molar-refractivity contribution in [1.82, 2.24) is 0 Å². The van der Waals surface area contributed by atoms with Crippen LogP contribution in [0.3, 0.4) is 0 Å². The lowest BCUT2D eigenvalue weighted by Gasteiger charge is -2.18. The number of esters is 3. The van der Waals surface area contributed by atoms with E-state index in [4.69, 9.17) is 14.2 Å². The summed E-state index contributed by atoms with van der Waals surface area (Å²) in [4.78, 5) is 37.7. The Kier molecular flexibility index (Phi) is 42.7. The maximum atomic E-state index is 12.7. The summed E-state index contributed by atoms with van der Waals surface area (Å²) in [6.07, 6.45) is 60.9. The Balaban J connectivity index is 4.50. The first-order chi connectivity index (χ1) is 28.5. The number of allylic oxidation sites excluding steroid dienone is 18. The zero-order valence-electron chi connectivity index (χ0n) is 37.0. The fraction of sp³-hybridized carbons (Fsp3) is 0.596. The normalized spacial score (nSPS) is 13.1. The molecule has 58 heavy (non-hydrogen) atoms. The van der Waals surface area contributed by atoms with Gasteiger partial charge in [0.1, 0.15) is 13.2 Å². The predicted octanol–water partition coefficient (Wildman–Crippen LogP) is 14.8. The van der Waals surface area contributed by atoms with Gasteiger partial charge in [-0.1, -0.05) is 162 Å². The van der Waals surface area contributed by atoms with Crippen molar-refractivity contribution in [3.05, 3.63) is 109 Å². The third-order valence-corrected chi connectivity index (χ3v) is 9.00. The summed E-state index contributed by atoms with van der Waals surface area (Å²) >= 11 is 0. The summed E-state index contributed by atoms with van der Waals surface area (Å²) < 4.78 is 16.6. The number of ether oxygens (including phenoxy) is 3. The minimum atomic E-state index is -0.817. The van der Waals surface area contributed by atoms with Gasteiger partial charge in [-0.3, -0.25) is 14.4 Å². The molecule has 0 N–H and O–H groups in total. The number of rotatable bonds is 39. The summed E-state index contributed by atoms with van der Waals surface area (Å²) in [5.74, 6) is -1.03. The SMILES string of the molecule is CC/C=C\C/C=C\C/C=C\C/C=C\C/C=C\CCCC(=O)OCC(COC(=O)CCCC/C=C\C/C=C\CC)OC(=O)CCCCCCCCC/C=C\C/C=C\CC. The average molecular weight is 803 g/mol. The van der Waals surface area contributed by atoms with E-state index in [0.717, 1.165) is 109 Å². The first kappa shape index (κ1) is 54.1. The minimum absolute atomic E-state index is 0.119. The predicted molar refractivity (Wildman–Crippen MR) is 247 cm³/mol. The van der Waals surface area contributed by atoms with Crippen molar-refractivity contribution in [2.75, 3.05) is 13.2 Å². The van der Waals surface area contributed by atoms with Crippen molar-refractivity contribution < 1.29 is 28.6 Å². The third kappa shape index (κ3) is 43.2. The minimum Gasteiger partial charge on any atom is -0.462 e. The maximum Gasteiger partial charge on any atom is 0.306 e. The van der Waals surface area contributed by atoms with Crippen LogP contribution in [0, 0.1) is 0 Å². The molecule has 0 bridgehead atoms. The summed E-state index contributed by atoms with van der Waals surface area (Å²) in [6, 6.07) is 0. The van der Waals surface area contributed by atoms with Crippen LogP contribution in [-0.4, -0.2) is 37.2 Å². The van der Waals surface area contributed by atoms with E-state index >= 15 is 0 Å². The molecule has 0 saturated carbocycles. The van der Waals surface area contributed by atoms with Gasteiger partial charge in [-0.15, -0.1) is 0 Å². The second kappa shape index (κ2) is 45.8. The highest BCUT2D eigenvalue weighted by Crippen LogP contribution is 2.12. The highest BCUT2D eigenvalue weighted by molar-refractivity contribution is 5.71. The zero-order chi connectivity index (χ0) is 42.3. The van der Waals surface area contributed by atoms with Crippen LogP contribution >= 0.6 is 0 Å². The quantitative estimate of drug-likeness (QED) is 0.0267. The van der Waals surface area contributed by atoms with Crippen LogP contribution in [0.5, 0.6) is 0 Å². The van der Waals surface area contributed by atoms with E-state index < -0.39 is 6.10 Å². The first-order valence-corrected chi connectivity index (χ1v) is 22.9. The fourth-order valence-electron chi connectivity index (χ4n) is 5.67. The van der Waals surface area contributed by atoms with E-state index in [-0.39, 0.29) is 37.5 Å². The molecule has 0 rings (SSSR count). The molecule has 0 saturated heterocycles. The number of unbranched alkanes of at least 4 members (excludes halogenated alkanes) is 10. The van der Waals surface area contributed by atoms with Crippen molar-refractivity contribution >= 4 is 17.9 Å². The fourth-order valence-corrected chi connectivity index (χ4v) is 5.67. The summed E-state index contributed by atoms with van der Waals surface area (Å²) in [5, 5.41) is 0. The molecule has 0 heterocycles. The molecule has 0 aromatic carbocycles. The molecule has 0 aromatic heterocycles. The Morgan fingerprint density at radius 3 is 1.07 bits per heavy atom. The van der Waals surface area contributed by atoms with Crippen LogP contribution in [0.25, 0.3) is 0 Å². The van der Waals surface area contributed by atoms with Crippen LogP contribution in [0.4, 0.5) is 0 Å². The molecular weight excluding hydrogens is 721 g/mol. The van der Waals surface area contributed by atoms with Gasteiger partial charge >= 0.3 is 17.9 Å². The average Bonchev–Trinajstić information content (AvgIpc) is 3.22. The van der Waals surface area contributed by atoms with Gasteiger partial charge in [0.15, 0.2) is 6.10 Å². The number of carbonyl (C=O) groups excluding carboxylic acids is 3. The Bertz CT molecular complexity index is 1240. The van der Waals surface area contributed by atoms with Gasteiger partial charge < -0.3 is 14.2 Å². The molecule has 326 valence electrons. The molecule has 0 spiro atoms. The highest BCUT2D eigenvalue weighted by Gasteiger charge is 2.19. The smallest absolute Gasteiger partial charge is 0.306 e. The molecule has 0 aromatic rings.